The maximum atomic E-state index is 13.6. The molecule has 4 aromatic rings. The number of hydrogen-bond acceptors (Lipinski definition) is 4. The van der Waals surface area contributed by atoms with Crippen molar-refractivity contribution in [3.05, 3.63) is 92.7 Å². The van der Waals surface area contributed by atoms with Gasteiger partial charge in [0, 0.05) is 16.9 Å². The topological polar surface area (TPSA) is 72.4 Å². The molecule has 1 N–H and O–H groups in total. The van der Waals surface area contributed by atoms with Crippen molar-refractivity contribution in [1.29, 1.82) is 0 Å². The number of aryl methyl sites for hydroxylation is 1. The average Bonchev–Trinajstić information content (AvgIpc) is 2.75. The van der Waals surface area contributed by atoms with Gasteiger partial charge in [-0.25, -0.2) is 4.79 Å². The van der Waals surface area contributed by atoms with Crippen LogP contribution in [-0.2, 0) is 12.8 Å². The normalized spacial score (nSPS) is 13.4. The minimum absolute atomic E-state index is 0.0190. The maximum absolute atomic E-state index is 13.6. The Labute approximate surface area is 166 Å². The first kappa shape index (κ1) is 17.5. The zero-order valence-electron chi connectivity index (χ0n) is 15.7. The molecule has 2 heterocycles. The highest BCUT2D eigenvalue weighted by atomic mass is 16.4. The van der Waals surface area contributed by atoms with Crippen LogP contribution in [0.2, 0.25) is 0 Å². The van der Waals surface area contributed by atoms with Crippen LogP contribution >= 0.6 is 0 Å². The molecule has 5 heteroatoms. The highest BCUT2D eigenvalue weighted by molar-refractivity contribution is 5.92. The fraction of sp³-hybridized carbons (Fsp3) is 0.167. The molecule has 0 atom stereocenters. The second-order valence-corrected chi connectivity index (χ2v) is 7.29. The molecule has 0 aliphatic heterocycles. The third-order valence-corrected chi connectivity index (χ3v) is 5.58. The van der Waals surface area contributed by atoms with Crippen LogP contribution in [0.3, 0.4) is 0 Å². The van der Waals surface area contributed by atoms with Gasteiger partial charge in [-0.1, -0.05) is 48.5 Å². The lowest BCUT2D eigenvalue weighted by atomic mass is 9.93. The largest absolute Gasteiger partial charge is 0.506 e. The molecule has 2 aromatic carbocycles. The Morgan fingerprint density at radius 3 is 2.24 bits per heavy atom. The van der Waals surface area contributed by atoms with Crippen molar-refractivity contribution >= 4 is 11.0 Å². The van der Waals surface area contributed by atoms with Crippen LogP contribution in [-0.4, -0.2) is 9.67 Å². The third kappa shape index (κ3) is 2.70. The lowest BCUT2D eigenvalue weighted by Crippen LogP contribution is -2.27. The van der Waals surface area contributed by atoms with E-state index in [2.05, 4.69) is 0 Å². The van der Waals surface area contributed by atoms with E-state index in [1.165, 1.54) is 0 Å². The Hall–Kier alpha value is -3.60. The molecule has 0 amide bonds. The molecule has 5 nitrogen and oxygen atoms in total. The molecule has 2 aromatic heterocycles. The summed E-state index contributed by atoms with van der Waals surface area (Å²) < 4.78 is 7.33. The Bertz CT molecular complexity index is 1340. The van der Waals surface area contributed by atoms with E-state index in [0.717, 1.165) is 36.2 Å². The Morgan fingerprint density at radius 1 is 0.862 bits per heavy atom. The molecule has 1 aliphatic carbocycles. The predicted octanol–water partition coefficient (Wildman–Crippen LogP) is 4.20. The number of pyridine rings is 1. The molecular formula is C24H19NO4. The number of fused-ring (bicyclic) bond motifs is 3. The monoisotopic (exact) mass is 385 g/mol. The van der Waals surface area contributed by atoms with Crippen molar-refractivity contribution in [2.24, 2.45) is 0 Å². The van der Waals surface area contributed by atoms with Gasteiger partial charge in [0.2, 0.25) is 0 Å². The summed E-state index contributed by atoms with van der Waals surface area (Å²) in [6, 6.07) is 18.2. The Morgan fingerprint density at radius 2 is 1.52 bits per heavy atom. The molecule has 0 fully saturated rings. The summed E-state index contributed by atoms with van der Waals surface area (Å²) in [5, 5.41) is 11.1. The standard InChI is InChI=1S/C24H19NO4/c26-21-19(15-9-3-1-4-10-15)24(28)29-22-17-13-7-8-14-18(17)25(23(27)20(21)22)16-11-5-2-6-12-16/h1-6,9-12,26H,7-8,13-14H2. The van der Waals surface area contributed by atoms with Crippen LogP contribution in [0.5, 0.6) is 5.75 Å². The summed E-state index contributed by atoms with van der Waals surface area (Å²) in [4.78, 5) is 26.3. The Balaban J connectivity index is 1.95. The summed E-state index contributed by atoms with van der Waals surface area (Å²) in [5.74, 6) is -0.314. The molecular weight excluding hydrogens is 366 g/mol. The molecule has 0 spiro atoms. The van der Waals surface area contributed by atoms with Crippen LogP contribution in [0.15, 0.2) is 74.7 Å². The molecule has 1 aliphatic rings. The van der Waals surface area contributed by atoms with Crippen molar-refractivity contribution < 1.29 is 9.52 Å². The second-order valence-electron chi connectivity index (χ2n) is 7.29. The number of aromatic nitrogens is 1. The lowest BCUT2D eigenvalue weighted by Gasteiger charge is -2.23. The summed E-state index contributed by atoms with van der Waals surface area (Å²) >= 11 is 0. The van der Waals surface area contributed by atoms with E-state index in [4.69, 9.17) is 4.42 Å². The van der Waals surface area contributed by atoms with Gasteiger partial charge in [0.25, 0.3) is 5.56 Å². The molecule has 144 valence electrons. The van der Waals surface area contributed by atoms with E-state index in [0.29, 0.717) is 12.0 Å². The van der Waals surface area contributed by atoms with Gasteiger partial charge in [-0.05, 0) is 43.4 Å². The fourth-order valence-electron chi connectivity index (χ4n) is 4.26. The highest BCUT2D eigenvalue weighted by Gasteiger charge is 2.27. The van der Waals surface area contributed by atoms with Crippen LogP contribution < -0.4 is 11.2 Å². The average molecular weight is 385 g/mol. The van der Waals surface area contributed by atoms with Gasteiger partial charge in [-0.2, -0.15) is 0 Å². The van der Waals surface area contributed by atoms with Crippen molar-refractivity contribution in [3.63, 3.8) is 0 Å². The number of para-hydroxylation sites is 1. The number of rotatable bonds is 2. The zero-order chi connectivity index (χ0) is 20.0. The number of aromatic hydroxyl groups is 1. The number of benzene rings is 2. The lowest BCUT2D eigenvalue weighted by molar-refractivity contribution is 0.468. The van der Waals surface area contributed by atoms with Crippen molar-refractivity contribution in [2.45, 2.75) is 25.7 Å². The van der Waals surface area contributed by atoms with E-state index in [1.54, 1.807) is 28.8 Å². The van der Waals surface area contributed by atoms with Gasteiger partial charge >= 0.3 is 5.63 Å². The quantitative estimate of drug-likeness (QED) is 0.561. The van der Waals surface area contributed by atoms with Crippen LogP contribution in [0, 0.1) is 0 Å². The zero-order valence-corrected chi connectivity index (χ0v) is 15.7. The first-order valence-electron chi connectivity index (χ1n) is 9.74. The first-order chi connectivity index (χ1) is 14.2. The van der Waals surface area contributed by atoms with Gasteiger partial charge in [0.1, 0.15) is 16.7 Å². The minimum Gasteiger partial charge on any atom is -0.506 e. The van der Waals surface area contributed by atoms with Crippen LogP contribution in [0.1, 0.15) is 24.1 Å². The van der Waals surface area contributed by atoms with Crippen molar-refractivity contribution in [1.82, 2.24) is 4.57 Å². The first-order valence-corrected chi connectivity index (χ1v) is 9.74. The molecule has 29 heavy (non-hydrogen) atoms. The van der Waals surface area contributed by atoms with Gasteiger partial charge in [0.15, 0.2) is 5.58 Å². The maximum Gasteiger partial charge on any atom is 0.348 e. The SMILES string of the molecule is O=c1oc2c3c(n(-c4ccccc4)c(=O)c2c(O)c1-c1ccccc1)CCCC3. The second kappa shape index (κ2) is 6.78. The molecule has 0 radical (unpaired) electrons. The Kier molecular flexibility index (Phi) is 4.09. The molecule has 0 saturated heterocycles. The number of nitrogens with zero attached hydrogens (tertiary/aromatic N) is 1. The van der Waals surface area contributed by atoms with E-state index in [-0.39, 0.29) is 27.8 Å². The van der Waals surface area contributed by atoms with Gasteiger partial charge in [-0.3, -0.25) is 9.36 Å². The highest BCUT2D eigenvalue weighted by Crippen LogP contribution is 2.36. The third-order valence-electron chi connectivity index (χ3n) is 5.58. The summed E-state index contributed by atoms with van der Waals surface area (Å²) in [6.07, 6.45) is 3.33. The van der Waals surface area contributed by atoms with Crippen molar-refractivity contribution in [2.75, 3.05) is 0 Å². The van der Waals surface area contributed by atoms with E-state index < -0.39 is 5.63 Å². The smallest absolute Gasteiger partial charge is 0.348 e. The minimum atomic E-state index is -0.633. The summed E-state index contributed by atoms with van der Waals surface area (Å²) in [7, 11) is 0. The van der Waals surface area contributed by atoms with Crippen molar-refractivity contribution in [3.8, 4) is 22.6 Å². The van der Waals surface area contributed by atoms with Crippen LogP contribution in [0.25, 0.3) is 27.8 Å². The summed E-state index contributed by atoms with van der Waals surface area (Å²) in [5.41, 5.74) is 2.19. The fourth-order valence-corrected chi connectivity index (χ4v) is 4.26. The predicted molar refractivity (Wildman–Crippen MR) is 112 cm³/mol. The molecule has 0 saturated carbocycles. The van der Waals surface area contributed by atoms with Gasteiger partial charge in [0.05, 0.1) is 0 Å². The molecule has 0 unspecified atom stereocenters. The van der Waals surface area contributed by atoms with E-state index in [1.807, 2.05) is 36.4 Å². The van der Waals surface area contributed by atoms with E-state index >= 15 is 0 Å². The van der Waals surface area contributed by atoms with Crippen LogP contribution in [0.4, 0.5) is 0 Å². The van der Waals surface area contributed by atoms with E-state index in [9.17, 15) is 14.7 Å². The molecule has 5 rings (SSSR count). The van der Waals surface area contributed by atoms with Gasteiger partial charge < -0.3 is 9.52 Å². The van der Waals surface area contributed by atoms with Gasteiger partial charge in [-0.15, -0.1) is 0 Å². The molecule has 0 bridgehead atoms. The number of hydrogen-bond donors (Lipinski definition) is 1. The summed E-state index contributed by atoms with van der Waals surface area (Å²) in [6.45, 7) is 0.